The first-order chi connectivity index (χ1) is 15.4. The van der Waals surface area contributed by atoms with Crippen molar-refractivity contribution in [3.05, 3.63) is 71.3 Å². The van der Waals surface area contributed by atoms with Gasteiger partial charge < -0.3 is 15.5 Å². The van der Waals surface area contributed by atoms with E-state index in [-0.39, 0.29) is 23.7 Å². The minimum atomic E-state index is -0.272. The average molecular weight is 439 g/mol. The highest BCUT2D eigenvalue weighted by molar-refractivity contribution is 5.76. The van der Waals surface area contributed by atoms with Gasteiger partial charge in [-0.05, 0) is 40.3 Å². The van der Waals surface area contributed by atoms with Crippen LogP contribution in [-0.2, 0) is 11.3 Å². The molecule has 0 aliphatic carbocycles. The second-order valence-corrected chi connectivity index (χ2v) is 8.58. The second kappa shape index (κ2) is 9.44. The SMILES string of the molecule is CN(C)c1ccc([C@H](c2nnnn2Cc2ccc(F)cc2)[NH+]2CCC(C(N)=O)CC2)cc1. The van der Waals surface area contributed by atoms with Gasteiger partial charge in [0.05, 0.1) is 19.6 Å². The maximum atomic E-state index is 13.3. The van der Waals surface area contributed by atoms with Gasteiger partial charge in [-0.15, -0.1) is 5.10 Å². The molecule has 168 valence electrons. The van der Waals surface area contributed by atoms with Gasteiger partial charge in [0.1, 0.15) is 5.82 Å². The molecule has 0 saturated carbocycles. The third-order valence-corrected chi connectivity index (χ3v) is 6.24. The van der Waals surface area contributed by atoms with Gasteiger partial charge in [0, 0.05) is 44.1 Å². The predicted molar refractivity (Wildman–Crippen MR) is 119 cm³/mol. The number of nitrogens with zero attached hydrogens (tertiary/aromatic N) is 5. The topological polar surface area (TPSA) is 94.4 Å². The Morgan fingerprint density at radius 2 is 1.81 bits per heavy atom. The minimum absolute atomic E-state index is 0.0780. The van der Waals surface area contributed by atoms with Gasteiger partial charge in [-0.25, -0.2) is 9.07 Å². The highest BCUT2D eigenvalue weighted by Crippen LogP contribution is 2.23. The Morgan fingerprint density at radius 1 is 1.16 bits per heavy atom. The van der Waals surface area contributed by atoms with Crippen molar-refractivity contribution < 1.29 is 14.1 Å². The van der Waals surface area contributed by atoms with E-state index < -0.39 is 0 Å². The zero-order chi connectivity index (χ0) is 22.7. The molecular formula is C23H29FN7O+. The largest absolute Gasteiger partial charge is 0.378 e. The summed E-state index contributed by atoms with van der Waals surface area (Å²) in [5, 5.41) is 12.6. The Hall–Kier alpha value is -3.33. The Morgan fingerprint density at radius 3 is 2.41 bits per heavy atom. The van der Waals surface area contributed by atoms with Crippen LogP contribution in [0, 0.1) is 11.7 Å². The van der Waals surface area contributed by atoms with Gasteiger partial charge >= 0.3 is 0 Å². The van der Waals surface area contributed by atoms with Gasteiger partial charge in [-0.3, -0.25) is 4.79 Å². The number of carbonyl (C=O) groups is 1. The van der Waals surface area contributed by atoms with Gasteiger partial charge in [0.25, 0.3) is 0 Å². The van der Waals surface area contributed by atoms with Crippen LogP contribution in [0.3, 0.4) is 0 Å². The number of aromatic nitrogens is 4. The number of hydrogen-bond donors (Lipinski definition) is 2. The molecule has 1 aliphatic heterocycles. The van der Waals surface area contributed by atoms with Crippen LogP contribution in [0.25, 0.3) is 0 Å². The fourth-order valence-electron chi connectivity index (χ4n) is 4.39. The summed E-state index contributed by atoms with van der Waals surface area (Å²) in [7, 11) is 4.02. The van der Waals surface area contributed by atoms with Gasteiger partial charge in [-0.1, -0.05) is 24.3 Å². The lowest BCUT2D eigenvalue weighted by Gasteiger charge is -2.33. The first-order valence-corrected chi connectivity index (χ1v) is 10.8. The summed E-state index contributed by atoms with van der Waals surface area (Å²) in [6, 6.07) is 14.7. The van der Waals surface area contributed by atoms with E-state index >= 15 is 0 Å². The van der Waals surface area contributed by atoms with Crippen LogP contribution in [0.5, 0.6) is 0 Å². The highest BCUT2D eigenvalue weighted by atomic mass is 19.1. The average Bonchev–Trinajstić information content (AvgIpc) is 3.24. The summed E-state index contributed by atoms with van der Waals surface area (Å²) >= 11 is 0. The van der Waals surface area contributed by atoms with E-state index in [1.54, 1.807) is 16.8 Å². The van der Waals surface area contributed by atoms with E-state index in [0.29, 0.717) is 6.54 Å². The van der Waals surface area contributed by atoms with Crippen molar-refractivity contribution >= 4 is 11.6 Å². The molecule has 32 heavy (non-hydrogen) atoms. The maximum Gasteiger partial charge on any atom is 0.220 e. The zero-order valence-corrected chi connectivity index (χ0v) is 18.4. The molecule has 8 nitrogen and oxygen atoms in total. The number of nitrogens with one attached hydrogen (secondary N) is 1. The molecule has 0 bridgehead atoms. The van der Waals surface area contributed by atoms with Crippen LogP contribution >= 0.6 is 0 Å². The Labute approximate surface area is 186 Å². The lowest BCUT2D eigenvalue weighted by molar-refractivity contribution is -0.931. The fourth-order valence-corrected chi connectivity index (χ4v) is 4.39. The van der Waals surface area contributed by atoms with Crippen molar-refractivity contribution in [3.63, 3.8) is 0 Å². The molecule has 0 spiro atoms. The molecule has 2 heterocycles. The molecule has 1 aliphatic rings. The summed E-state index contributed by atoms with van der Waals surface area (Å²) in [6.07, 6.45) is 1.49. The molecule has 9 heteroatoms. The summed E-state index contributed by atoms with van der Waals surface area (Å²) in [4.78, 5) is 15.0. The molecule has 1 amide bonds. The molecule has 0 unspecified atom stereocenters. The molecular weight excluding hydrogens is 409 g/mol. The molecule has 1 aromatic heterocycles. The van der Waals surface area contributed by atoms with E-state index in [4.69, 9.17) is 5.73 Å². The number of rotatable bonds is 7. The normalized spacial score (nSPS) is 19.5. The van der Waals surface area contributed by atoms with E-state index in [0.717, 1.165) is 48.6 Å². The van der Waals surface area contributed by atoms with Crippen LogP contribution in [-0.4, -0.2) is 53.3 Å². The number of carbonyl (C=O) groups excluding carboxylic acids is 1. The maximum absolute atomic E-state index is 13.3. The first-order valence-electron chi connectivity index (χ1n) is 10.8. The van der Waals surface area contributed by atoms with E-state index in [1.165, 1.54) is 17.0 Å². The van der Waals surface area contributed by atoms with E-state index in [9.17, 15) is 9.18 Å². The quantitative estimate of drug-likeness (QED) is 0.569. The van der Waals surface area contributed by atoms with Gasteiger partial charge in [0.15, 0.2) is 6.04 Å². The molecule has 1 saturated heterocycles. The number of primary amides is 1. The monoisotopic (exact) mass is 438 g/mol. The molecule has 0 radical (unpaired) electrons. The molecule has 1 fully saturated rings. The Kier molecular flexibility index (Phi) is 6.45. The van der Waals surface area contributed by atoms with E-state index in [1.807, 2.05) is 14.1 Å². The van der Waals surface area contributed by atoms with Crippen LogP contribution in [0.2, 0.25) is 0 Å². The number of benzene rings is 2. The van der Waals surface area contributed by atoms with Crippen molar-refractivity contribution in [2.75, 3.05) is 32.1 Å². The van der Waals surface area contributed by atoms with Crippen molar-refractivity contribution in [3.8, 4) is 0 Å². The molecule has 1 atom stereocenters. The van der Waals surface area contributed by atoms with E-state index in [2.05, 4.69) is 44.7 Å². The lowest BCUT2D eigenvalue weighted by atomic mass is 9.93. The number of piperidine rings is 1. The second-order valence-electron chi connectivity index (χ2n) is 8.58. The lowest BCUT2D eigenvalue weighted by Crippen LogP contribution is -3.13. The Bertz CT molecular complexity index is 1040. The van der Waals surface area contributed by atoms with Crippen LogP contribution in [0.15, 0.2) is 48.5 Å². The first kappa shape index (κ1) is 21.9. The fraction of sp³-hybridized carbons (Fsp3) is 0.391. The minimum Gasteiger partial charge on any atom is -0.378 e. The number of amides is 1. The van der Waals surface area contributed by atoms with Gasteiger partial charge in [-0.2, -0.15) is 0 Å². The number of halogens is 1. The summed E-state index contributed by atoms with van der Waals surface area (Å²) < 4.78 is 15.1. The summed E-state index contributed by atoms with van der Waals surface area (Å²) in [6.45, 7) is 2.06. The predicted octanol–water partition coefficient (Wildman–Crippen LogP) is 0.796. The zero-order valence-electron chi connectivity index (χ0n) is 18.4. The molecule has 4 rings (SSSR count). The number of nitrogens with two attached hydrogens (primary N) is 1. The van der Waals surface area contributed by atoms with Crippen molar-refractivity contribution in [2.45, 2.75) is 25.4 Å². The van der Waals surface area contributed by atoms with Crippen LogP contribution < -0.4 is 15.5 Å². The Balaban J connectivity index is 1.66. The third kappa shape index (κ3) is 4.77. The smallest absolute Gasteiger partial charge is 0.220 e. The van der Waals surface area contributed by atoms with Crippen LogP contribution in [0.4, 0.5) is 10.1 Å². The van der Waals surface area contributed by atoms with Crippen LogP contribution in [0.1, 0.15) is 35.8 Å². The van der Waals surface area contributed by atoms with Crippen molar-refractivity contribution in [1.29, 1.82) is 0 Å². The number of quaternary nitrogens is 1. The van der Waals surface area contributed by atoms with Crippen molar-refractivity contribution in [2.24, 2.45) is 11.7 Å². The molecule has 3 N–H and O–H groups in total. The highest BCUT2D eigenvalue weighted by Gasteiger charge is 2.36. The molecule has 2 aromatic carbocycles. The summed E-state index contributed by atoms with van der Waals surface area (Å²) in [5.41, 5.74) is 8.69. The number of tetrazole rings is 1. The molecule has 3 aromatic rings. The van der Waals surface area contributed by atoms with Gasteiger partial charge in [0.2, 0.25) is 11.7 Å². The number of hydrogen-bond acceptors (Lipinski definition) is 5. The third-order valence-electron chi connectivity index (χ3n) is 6.24. The summed E-state index contributed by atoms with van der Waals surface area (Å²) in [5.74, 6) is 0.175. The number of anilines is 1. The standard InChI is InChI=1S/C23H28FN7O/c1-29(2)20-9-5-17(6-10-20)21(30-13-11-18(12-14-30)22(25)32)23-26-27-28-31(23)15-16-3-7-19(24)8-4-16/h3-10,18,21H,11-15H2,1-2H3,(H2,25,32)/p+1/t21-/m1/s1. The number of likely N-dealkylation sites (tertiary alicyclic amines) is 1. The van der Waals surface area contributed by atoms with Crippen molar-refractivity contribution in [1.82, 2.24) is 20.2 Å².